The molecule has 2 atom stereocenters. The van der Waals surface area contributed by atoms with Crippen LogP contribution in [0, 0.1) is 12.3 Å². The molecule has 2 rings (SSSR count). The first-order valence-electron chi connectivity index (χ1n) is 5.60. The molecule has 0 saturated carbocycles. The van der Waals surface area contributed by atoms with Crippen molar-refractivity contribution in [3.05, 3.63) is 23.8 Å². The maximum atomic E-state index is 11.8. The second-order valence-electron chi connectivity index (χ2n) is 4.22. The van der Waals surface area contributed by atoms with E-state index in [1.54, 1.807) is 13.0 Å². The van der Waals surface area contributed by atoms with E-state index in [1.165, 1.54) is 17.0 Å². The van der Waals surface area contributed by atoms with Gasteiger partial charge in [0.05, 0.1) is 6.04 Å². The molecule has 1 aromatic carbocycles. The third kappa shape index (κ3) is 2.06. The average molecular weight is 259 g/mol. The van der Waals surface area contributed by atoms with Crippen LogP contribution >= 0.6 is 0 Å². The molecule has 2 amide bonds. The molecule has 6 heteroatoms. The predicted molar refractivity (Wildman–Crippen MR) is 69.7 cm³/mol. The number of hydrogen-bond donors (Lipinski definition) is 3. The minimum atomic E-state index is -0.634. The summed E-state index contributed by atoms with van der Waals surface area (Å²) in [5.74, 6) is 2.01. The monoisotopic (exact) mass is 259 g/mol. The van der Waals surface area contributed by atoms with Crippen LogP contribution < -0.4 is 5.73 Å². The highest BCUT2D eigenvalue weighted by molar-refractivity contribution is 6.03. The second kappa shape index (κ2) is 4.53. The molecular formula is C13H13N3O3. The number of nitrogens with zero attached hydrogens (tertiary/aromatic N) is 2. The van der Waals surface area contributed by atoms with Crippen LogP contribution in [0.15, 0.2) is 23.2 Å². The number of carbonyl (C=O) groups excluding carboxylic acids is 1. The van der Waals surface area contributed by atoms with Crippen LogP contribution in [0.2, 0.25) is 0 Å². The van der Waals surface area contributed by atoms with Crippen LogP contribution in [0.5, 0.6) is 11.5 Å². The zero-order chi connectivity index (χ0) is 14.2. The molecule has 1 aliphatic heterocycles. The average Bonchev–Trinajstić information content (AvgIpc) is 2.67. The molecule has 0 radical (unpaired) electrons. The predicted octanol–water partition coefficient (Wildman–Crippen LogP) is 0.953. The van der Waals surface area contributed by atoms with Gasteiger partial charge in [0.15, 0.2) is 11.5 Å². The Morgan fingerprint density at radius 2 is 2.16 bits per heavy atom. The van der Waals surface area contributed by atoms with E-state index in [2.05, 4.69) is 10.9 Å². The summed E-state index contributed by atoms with van der Waals surface area (Å²) in [6.07, 6.45) is 5.33. The van der Waals surface area contributed by atoms with Crippen LogP contribution in [0.3, 0.4) is 0 Å². The van der Waals surface area contributed by atoms with E-state index in [9.17, 15) is 15.0 Å². The maximum absolute atomic E-state index is 11.8. The van der Waals surface area contributed by atoms with E-state index in [4.69, 9.17) is 12.2 Å². The third-order valence-electron chi connectivity index (χ3n) is 2.98. The highest BCUT2D eigenvalue weighted by Gasteiger charge is 2.37. The van der Waals surface area contributed by atoms with Gasteiger partial charge in [-0.2, -0.15) is 4.99 Å². The van der Waals surface area contributed by atoms with Crippen molar-refractivity contribution in [3.8, 4) is 23.8 Å². The van der Waals surface area contributed by atoms with Gasteiger partial charge in [0.1, 0.15) is 11.9 Å². The number of benzene rings is 1. The molecule has 98 valence electrons. The van der Waals surface area contributed by atoms with Gasteiger partial charge in [0.25, 0.3) is 0 Å². The third-order valence-corrected chi connectivity index (χ3v) is 2.98. The van der Waals surface area contributed by atoms with Crippen LogP contribution in [-0.2, 0) is 0 Å². The largest absolute Gasteiger partial charge is 0.504 e. The van der Waals surface area contributed by atoms with Crippen LogP contribution in [0.25, 0.3) is 0 Å². The van der Waals surface area contributed by atoms with E-state index in [-0.39, 0.29) is 17.3 Å². The Morgan fingerprint density at radius 3 is 2.74 bits per heavy atom. The number of carbonyl (C=O) groups is 1. The molecule has 0 fully saturated rings. The Hall–Kier alpha value is -2.68. The Labute approximate surface area is 110 Å². The number of amidine groups is 1. The van der Waals surface area contributed by atoms with Crippen molar-refractivity contribution < 1.29 is 15.0 Å². The first kappa shape index (κ1) is 12.8. The van der Waals surface area contributed by atoms with Crippen molar-refractivity contribution in [1.82, 2.24) is 4.90 Å². The quantitative estimate of drug-likeness (QED) is 0.544. The Balaban J connectivity index is 2.46. The van der Waals surface area contributed by atoms with E-state index in [0.717, 1.165) is 0 Å². The summed E-state index contributed by atoms with van der Waals surface area (Å²) in [5, 5.41) is 18.8. The van der Waals surface area contributed by atoms with Gasteiger partial charge in [-0.15, -0.1) is 6.42 Å². The highest BCUT2D eigenvalue weighted by Crippen LogP contribution is 2.33. The fourth-order valence-corrected chi connectivity index (χ4v) is 1.99. The number of nitrogens with two attached hydrogens (primary N) is 1. The summed E-state index contributed by atoms with van der Waals surface area (Å²) in [6, 6.07) is 2.57. The lowest BCUT2D eigenvalue weighted by Crippen LogP contribution is -2.38. The topological polar surface area (TPSA) is 99.2 Å². The second-order valence-corrected chi connectivity index (χ2v) is 4.22. The summed E-state index contributed by atoms with van der Waals surface area (Å²) in [6.45, 7) is 1.68. The van der Waals surface area contributed by atoms with E-state index >= 15 is 0 Å². The molecule has 1 aromatic rings. The van der Waals surface area contributed by atoms with Gasteiger partial charge < -0.3 is 15.9 Å². The van der Waals surface area contributed by atoms with Gasteiger partial charge in [-0.25, -0.2) is 4.79 Å². The molecule has 0 saturated heterocycles. The molecule has 0 spiro atoms. The van der Waals surface area contributed by atoms with Crippen molar-refractivity contribution in [2.75, 3.05) is 0 Å². The maximum Gasteiger partial charge on any atom is 0.347 e. The minimum absolute atomic E-state index is 0.109. The van der Waals surface area contributed by atoms with E-state index < -0.39 is 18.1 Å². The SMILES string of the molecule is C#CC(C)N1C(=O)N=C(N)C1c1ccc(O)c(O)c1. The van der Waals surface area contributed by atoms with E-state index in [1.807, 2.05) is 0 Å². The van der Waals surface area contributed by atoms with Crippen molar-refractivity contribution in [2.45, 2.75) is 19.0 Å². The lowest BCUT2D eigenvalue weighted by atomic mass is 10.0. The Morgan fingerprint density at radius 1 is 1.47 bits per heavy atom. The molecule has 4 N–H and O–H groups in total. The van der Waals surface area contributed by atoms with Gasteiger partial charge in [-0.05, 0) is 24.6 Å². The van der Waals surface area contributed by atoms with Crippen LogP contribution in [0.1, 0.15) is 18.5 Å². The summed E-state index contributed by atoms with van der Waals surface area (Å²) in [5.41, 5.74) is 6.28. The first-order valence-corrected chi connectivity index (χ1v) is 5.60. The number of aromatic hydroxyl groups is 2. The van der Waals surface area contributed by atoms with Crippen LogP contribution in [0.4, 0.5) is 4.79 Å². The van der Waals surface area contributed by atoms with Gasteiger partial charge in [0, 0.05) is 0 Å². The molecule has 0 bridgehead atoms. The zero-order valence-corrected chi connectivity index (χ0v) is 10.2. The molecule has 1 heterocycles. The minimum Gasteiger partial charge on any atom is -0.504 e. The zero-order valence-electron chi connectivity index (χ0n) is 10.2. The molecule has 0 aromatic heterocycles. The van der Waals surface area contributed by atoms with Gasteiger partial charge >= 0.3 is 6.03 Å². The molecule has 19 heavy (non-hydrogen) atoms. The molecular weight excluding hydrogens is 246 g/mol. The number of hydrogen-bond acceptors (Lipinski definition) is 4. The Kier molecular flexibility index (Phi) is 3.05. The summed E-state index contributed by atoms with van der Waals surface area (Å²) in [7, 11) is 0. The van der Waals surface area contributed by atoms with Gasteiger partial charge in [-0.3, -0.25) is 4.90 Å². The lowest BCUT2D eigenvalue weighted by Gasteiger charge is -2.27. The van der Waals surface area contributed by atoms with Gasteiger partial charge in [0.2, 0.25) is 0 Å². The van der Waals surface area contributed by atoms with E-state index in [0.29, 0.717) is 5.56 Å². The molecule has 1 aliphatic rings. The Bertz CT molecular complexity index is 604. The van der Waals surface area contributed by atoms with Crippen LogP contribution in [-0.4, -0.2) is 33.0 Å². The highest BCUT2D eigenvalue weighted by atomic mass is 16.3. The summed E-state index contributed by atoms with van der Waals surface area (Å²) >= 11 is 0. The summed E-state index contributed by atoms with van der Waals surface area (Å²) < 4.78 is 0. The number of aliphatic imine (C=N–C) groups is 1. The first-order chi connectivity index (χ1) is 8.95. The fourth-order valence-electron chi connectivity index (χ4n) is 1.99. The number of terminal acetylenes is 1. The van der Waals surface area contributed by atoms with Crippen molar-refractivity contribution >= 4 is 11.9 Å². The summed E-state index contributed by atoms with van der Waals surface area (Å²) in [4.78, 5) is 16.8. The number of amides is 2. The number of urea groups is 1. The number of phenolic OH excluding ortho intramolecular Hbond substituents is 2. The van der Waals surface area contributed by atoms with Crippen molar-refractivity contribution in [2.24, 2.45) is 10.7 Å². The molecule has 6 nitrogen and oxygen atoms in total. The number of phenols is 2. The van der Waals surface area contributed by atoms with Crippen molar-refractivity contribution in [1.29, 1.82) is 0 Å². The fraction of sp³-hybridized carbons (Fsp3) is 0.231. The molecule has 0 aliphatic carbocycles. The molecule has 2 unspecified atom stereocenters. The van der Waals surface area contributed by atoms with Gasteiger partial charge in [-0.1, -0.05) is 12.0 Å². The smallest absolute Gasteiger partial charge is 0.347 e. The standard InChI is InChI=1S/C13H13N3O3/c1-3-7(2)16-11(12(14)15-13(16)19)8-4-5-9(17)10(18)6-8/h1,4-7,11,17-18H,2H3,(H2,14,15,19). The normalized spacial score (nSPS) is 20.0. The van der Waals surface area contributed by atoms with Crippen molar-refractivity contribution in [3.63, 3.8) is 0 Å². The number of rotatable bonds is 2. The lowest BCUT2D eigenvalue weighted by molar-refractivity contribution is 0.199.